The van der Waals surface area contributed by atoms with Gasteiger partial charge in [0.05, 0.1) is 10.8 Å². The molecule has 0 saturated heterocycles. The van der Waals surface area contributed by atoms with Gasteiger partial charge >= 0.3 is 0 Å². The first-order valence-corrected chi connectivity index (χ1v) is 5.24. The molecule has 20 heavy (non-hydrogen) atoms. The Labute approximate surface area is 191 Å². The molecule has 3 radical (unpaired) electrons. The van der Waals surface area contributed by atoms with Crippen molar-refractivity contribution in [3.63, 3.8) is 0 Å². The SMILES string of the molecule is Oc1cccc2cc3cccc(O)c3c(O)c12.[Y].[Y].[Y]. The average Bonchev–Trinajstić information content (AvgIpc) is 2.28. The van der Waals surface area contributed by atoms with E-state index in [2.05, 4.69) is 0 Å². The van der Waals surface area contributed by atoms with Crippen molar-refractivity contribution in [2.45, 2.75) is 0 Å². The minimum Gasteiger partial charge on any atom is -0.507 e. The summed E-state index contributed by atoms with van der Waals surface area (Å²) in [5.74, 6) is -0.0796. The molecule has 0 aliphatic heterocycles. The second kappa shape index (κ2) is 8.50. The number of phenolic OH excluding ortho intramolecular Hbond substituents is 3. The number of hydrogen-bond donors (Lipinski definition) is 3. The van der Waals surface area contributed by atoms with Crippen LogP contribution in [0.15, 0.2) is 42.5 Å². The molecule has 6 heteroatoms. The summed E-state index contributed by atoms with van der Waals surface area (Å²) in [7, 11) is 0. The fourth-order valence-electron chi connectivity index (χ4n) is 2.16. The Bertz CT molecular complexity index is 684. The van der Waals surface area contributed by atoms with Crippen molar-refractivity contribution < 1.29 is 113 Å². The van der Waals surface area contributed by atoms with Crippen LogP contribution in [0.5, 0.6) is 17.2 Å². The van der Waals surface area contributed by atoms with Crippen LogP contribution >= 0.6 is 0 Å². The third-order valence-electron chi connectivity index (χ3n) is 2.93. The zero-order valence-electron chi connectivity index (χ0n) is 10.6. The molecule has 0 atom stereocenters. The van der Waals surface area contributed by atoms with Gasteiger partial charge in [-0.25, -0.2) is 0 Å². The molecule has 0 saturated carbocycles. The fraction of sp³-hybridized carbons (Fsp3) is 0. The number of hydrogen-bond acceptors (Lipinski definition) is 3. The smallest absolute Gasteiger partial charge is 0.138 e. The van der Waals surface area contributed by atoms with Gasteiger partial charge in [-0.1, -0.05) is 24.3 Å². The zero-order chi connectivity index (χ0) is 12.0. The van der Waals surface area contributed by atoms with Gasteiger partial charge < -0.3 is 15.3 Å². The summed E-state index contributed by atoms with van der Waals surface area (Å²) in [4.78, 5) is 0. The molecular weight excluding hydrogens is 483 g/mol. The van der Waals surface area contributed by atoms with E-state index in [0.717, 1.165) is 10.8 Å². The number of benzene rings is 3. The van der Waals surface area contributed by atoms with Crippen LogP contribution in [0.1, 0.15) is 0 Å². The Hall–Kier alpha value is 0.892. The van der Waals surface area contributed by atoms with Crippen molar-refractivity contribution in [1.82, 2.24) is 0 Å². The van der Waals surface area contributed by atoms with E-state index >= 15 is 0 Å². The van der Waals surface area contributed by atoms with Crippen LogP contribution in [-0.4, -0.2) is 15.3 Å². The molecule has 3 aromatic carbocycles. The van der Waals surface area contributed by atoms with Crippen molar-refractivity contribution in [1.29, 1.82) is 0 Å². The predicted octanol–water partition coefficient (Wildman–Crippen LogP) is 3.10. The maximum Gasteiger partial charge on any atom is 0.138 e. The number of aromatic hydroxyl groups is 3. The third-order valence-corrected chi connectivity index (χ3v) is 2.93. The number of phenols is 3. The molecule has 0 aromatic heterocycles. The first-order chi connectivity index (χ1) is 8.18. The van der Waals surface area contributed by atoms with E-state index in [9.17, 15) is 15.3 Å². The molecule has 3 nitrogen and oxygen atoms in total. The molecule has 0 amide bonds. The van der Waals surface area contributed by atoms with Gasteiger partial charge in [0, 0.05) is 98.1 Å². The first-order valence-electron chi connectivity index (χ1n) is 5.24. The molecule has 0 heterocycles. The van der Waals surface area contributed by atoms with Gasteiger partial charge in [0.25, 0.3) is 0 Å². The van der Waals surface area contributed by atoms with E-state index in [0.29, 0.717) is 10.8 Å². The Morgan fingerprint density at radius 3 is 1.40 bits per heavy atom. The molecule has 0 fully saturated rings. The molecule has 0 bridgehead atoms. The maximum absolute atomic E-state index is 10.2. The van der Waals surface area contributed by atoms with Crippen molar-refractivity contribution in [3.05, 3.63) is 42.5 Å². The normalized spacial score (nSPS) is 9.40. The molecule has 3 aromatic rings. The van der Waals surface area contributed by atoms with Crippen molar-refractivity contribution in [2.75, 3.05) is 0 Å². The van der Waals surface area contributed by atoms with Gasteiger partial charge in [0.15, 0.2) is 0 Å². The molecule has 3 N–H and O–H groups in total. The Balaban J connectivity index is 0.00000120. The van der Waals surface area contributed by atoms with Gasteiger partial charge in [-0.3, -0.25) is 0 Å². The van der Waals surface area contributed by atoms with E-state index in [4.69, 9.17) is 0 Å². The monoisotopic (exact) mass is 493 g/mol. The Morgan fingerprint density at radius 1 is 0.600 bits per heavy atom. The van der Waals surface area contributed by atoms with E-state index in [1.165, 1.54) is 12.1 Å². The minimum atomic E-state index is -0.0892. The molecule has 0 aliphatic rings. The summed E-state index contributed by atoms with van der Waals surface area (Å²) in [5.41, 5.74) is 0. The molecule has 0 unspecified atom stereocenters. The molecule has 93 valence electrons. The Kier molecular flexibility index (Phi) is 8.88. The Morgan fingerprint density at radius 2 is 1.00 bits per heavy atom. The number of rotatable bonds is 0. The molecule has 0 aliphatic carbocycles. The van der Waals surface area contributed by atoms with E-state index < -0.39 is 0 Å². The summed E-state index contributed by atoms with van der Waals surface area (Å²) >= 11 is 0. The van der Waals surface area contributed by atoms with Crippen LogP contribution in [-0.2, 0) is 98.1 Å². The summed E-state index contributed by atoms with van der Waals surface area (Å²) in [6.45, 7) is 0. The van der Waals surface area contributed by atoms with Crippen LogP contribution in [0.2, 0.25) is 0 Å². The van der Waals surface area contributed by atoms with Gasteiger partial charge in [0.2, 0.25) is 0 Å². The molecule has 3 rings (SSSR count). The van der Waals surface area contributed by atoms with Gasteiger partial charge in [0.1, 0.15) is 17.2 Å². The van der Waals surface area contributed by atoms with Crippen molar-refractivity contribution in [3.8, 4) is 17.2 Å². The summed E-state index contributed by atoms with van der Waals surface area (Å²) in [6, 6.07) is 11.9. The van der Waals surface area contributed by atoms with Crippen LogP contribution in [0.25, 0.3) is 21.5 Å². The zero-order valence-corrected chi connectivity index (χ0v) is 19.1. The van der Waals surface area contributed by atoms with Gasteiger partial charge in [-0.2, -0.15) is 0 Å². The van der Waals surface area contributed by atoms with Crippen LogP contribution in [0, 0.1) is 0 Å². The maximum atomic E-state index is 10.2. The van der Waals surface area contributed by atoms with Crippen LogP contribution in [0.3, 0.4) is 0 Å². The van der Waals surface area contributed by atoms with E-state index in [-0.39, 0.29) is 115 Å². The topological polar surface area (TPSA) is 60.7 Å². The van der Waals surface area contributed by atoms with Crippen LogP contribution < -0.4 is 0 Å². The minimum absolute atomic E-state index is 0. The fourth-order valence-corrected chi connectivity index (χ4v) is 2.16. The quantitative estimate of drug-likeness (QED) is 0.423. The average molecular weight is 493 g/mol. The summed E-state index contributed by atoms with van der Waals surface area (Å²) in [5, 5.41) is 31.9. The third kappa shape index (κ3) is 3.62. The second-order valence-corrected chi connectivity index (χ2v) is 3.98. The molecule has 0 spiro atoms. The molecular formula is C14H10O3Y3. The first kappa shape index (κ1) is 20.9. The predicted molar refractivity (Wildman–Crippen MR) is 66.4 cm³/mol. The van der Waals surface area contributed by atoms with E-state index in [1.807, 2.05) is 6.07 Å². The van der Waals surface area contributed by atoms with E-state index in [1.54, 1.807) is 24.3 Å². The van der Waals surface area contributed by atoms with Gasteiger partial charge in [-0.15, -0.1) is 0 Å². The van der Waals surface area contributed by atoms with Crippen molar-refractivity contribution in [2.24, 2.45) is 0 Å². The number of fused-ring (bicyclic) bond motifs is 2. The summed E-state index contributed by atoms with van der Waals surface area (Å²) in [6.07, 6.45) is 0. The van der Waals surface area contributed by atoms with Gasteiger partial charge in [-0.05, 0) is 29.0 Å². The largest absolute Gasteiger partial charge is 0.507 e. The second-order valence-electron chi connectivity index (χ2n) is 3.98. The van der Waals surface area contributed by atoms with Crippen molar-refractivity contribution >= 4 is 21.5 Å². The summed E-state index contributed by atoms with van der Waals surface area (Å²) < 4.78 is 0. The standard InChI is InChI=1S/C14H10O3.3Y/c15-10-5-1-3-8-7-9-4-2-6-11(16)13(9)14(17)12(8)10;;;/h1-7,15-17H;;;. The van der Waals surface area contributed by atoms with Crippen LogP contribution in [0.4, 0.5) is 0 Å².